The average Bonchev–Trinajstić information content (AvgIpc) is 2.59. The molecular weight excluding hydrogens is 308 g/mol. The van der Waals surface area contributed by atoms with Gasteiger partial charge in [0.1, 0.15) is 11.5 Å². The lowest BCUT2D eigenvalue weighted by molar-refractivity contribution is 0.304. The number of hydrogen-bond acceptors (Lipinski definition) is 2. The molecule has 2 aromatic rings. The molecule has 0 aliphatic heterocycles. The Morgan fingerprint density at radius 2 is 1.30 bits per heavy atom. The van der Waals surface area contributed by atoms with E-state index in [2.05, 4.69) is 19.1 Å². The lowest BCUT2D eigenvalue weighted by atomic mass is 10.1. The van der Waals surface area contributed by atoms with E-state index in [0.717, 1.165) is 48.1 Å². The molecule has 0 heterocycles. The summed E-state index contributed by atoms with van der Waals surface area (Å²) in [5, 5.41) is 2.24. The molecule has 0 bridgehead atoms. The molecule has 2 nitrogen and oxygen atoms in total. The minimum absolute atomic E-state index is 0.689. The SMILES string of the molecule is CCCCCCOc1ccc(OCCCCCl)c2ccccc12. The summed E-state index contributed by atoms with van der Waals surface area (Å²) in [7, 11) is 0. The van der Waals surface area contributed by atoms with Gasteiger partial charge >= 0.3 is 0 Å². The molecule has 23 heavy (non-hydrogen) atoms. The maximum Gasteiger partial charge on any atom is 0.127 e. The van der Waals surface area contributed by atoms with Crippen molar-refractivity contribution < 1.29 is 9.47 Å². The first-order chi connectivity index (χ1) is 11.4. The van der Waals surface area contributed by atoms with E-state index in [9.17, 15) is 0 Å². The van der Waals surface area contributed by atoms with Crippen molar-refractivity contribution in [1.82, 2.24) is 0 Å². The van der Waals surface area contributed by atoms with Crippen molar-refractivity contribution in [3.63, 3.8) is 0 Å². The highest BCUT2D eigenvalue weighted by atomic mass is 35.5. The van der Waals surface area contributed by atoms with Crippen LogP contribution in [0.5, 0.6) is 11.5 Å². The monoisotopic (exact) mass is 334 g/mol. The number of unbranched alkanes of at least 4 members (excludes halogenated alkanes) is 4. The smallest absolute Gasteiger partial charge is 0.127 e. The fourth-order valence-corrected chi connectivity index (χ4v) is 2.77. The molecular formula is C20H27ClO2. The highest BCUT2D eigenvalue weighted by Crippen LogP contribution is 2.33. The number of benzene rings is 2. The summed E-state index contributed by atoms with van der Waals surface area (Å²) in [5.74, 6) is 2.56. The second-order valence-electron chi connectivity index (χ2n) is 5.76. The molecule has 3 heteroatoms. The molecule has 0 saturated carbocycles. The summed E-state index contributed by atoms with van der Waals surface area (Å²) in [4.78, 5) is 0. The number of fused-ring (bicyclic) bond motifs is 1. The average molecular weight is 335 g/mol. The maximum absolute atomic E-state index is 5.99. The molecule has 0 amide bonds. The van der Waals surface area contributed by atoms with Crippen LogP contribution in [0, 0.1) is 0 Å². The number of ether oxygens (including phenoxy) is 2. The van der Waals surface area contributed by atoms with Gasteiger partial charge in [0, 0.05) is 16.7 Å². The normalized spacial score (nSPS) is 10.9. The van der Waals surface area contributed by atoms with Crippen molar-refractivity contribution in [3.05, 3.63) is 36.4 Å². The molecule has 2 rings (SSSR count). The van der Waals surface area contributed by atoms with E-state index in [0.29, 0.717) is 12.5 Å². The highest BCUT2D eigenvalue weighted by molar-refractivity contribution is 6.17. The summed E-state index contributed by atoms with van der Waals surface area (Å²) >= 11 is 5.71. The van der Waals surface area contributed by atoms with Crippen LogP contribution < -0.4 is 9.47 Å². The third-order valence-corrected chi connectivity index (χ3v) is 4.15. The van der Waals surface area contributed by atoms with Crippen molar-refractivity contribution in [2.24, 2.45) is 0 Å². The zero-order valence-electron chi connectivity index (χ0n) is 14.0. The van der Waals surface area contributed by atoms with Crippen molar-refractivity contribution in [2.75, 3.05) is 19.1 Å². The Bertz CT molecular complexity index is 583. The van der Waals surface area contributed by atoms with Crippen molar-refractivity contribution in [3.8, 4) is 11.5 Å². The Kier molecular flexibility index (Phi) is 8.10. The first kappa shape index (κ1) is 17.9. The van der Waals surface area contributed by atoms with Gasteiger partial charge in [0.05, 0.1) is 13.2 Å². The zero-order valence-corrected chi connectivity index (χ0v) is 14.8. The lowest BCUT2D eigenvalue weighted by Gasteiger charge is -2.13. The molecule has 126 valence electrons. The summed E-state index contributed by atoms with van der Waals surface area (Å²) in [6.45, 7) is 3.70. The minimum Gasteiger partial charge on any atom is -0.493 e. The second-order valence-corrected chi connectivity index (χ2v) is 6.14. The predicted octanol–water partition coefficient (Wildman–Crippen LogP) is 6.20. The van der Waals surface area contributed by atoms with Crippen LogP contribution in [0.15, 0.2) is 36.4 Å². The highest BCUT2D eigenvalue weighted by Gasteiger charge is 2.07. The molecule has 2 aromatic carbocycles. The summed E-state index contributed by atoms with van der Waals surface area (Å²) in [5.41, 5.74) is 0. The first-order valence-electron chi connectivity index (χ1n) is 8.70. The van der Waals surface area contributed by atoms with Crippen LogP contribution >= 0.6 is 11.6 Å². The van der Waals surface area contributed by atoms with Gasteiger partial charge in [-0.1, -0.05) is 50.5 Å². The quantitative estimate of drug-likeness (QED) is 0.360. The van der Waals surface area contributed by atoms with Crippen LogP contribution in [0.4, 0.5) is 0 Å². The molecule has 0 atom stereocenters. The van der Waals surface area contributed by atoms with Gasteiger partial charge in [-0.3, -0.25) is 0 Å². The van der Waals surface area contributed by atoms with Crippen LogP contribution in [0.3, 0.4) is 0 Å². The van der Waals surface area contributed by atoms with E-state index in [-0.39, 0.29) is 0 Å². The summed E-state index contributed by atoms with van der Waals surface area (Å²) in [6.07, 6.45) is 6.83. The Hall–Kier alpha value is -1.41. The molecule has 0 saturated heterocycles. The van der Waals surface area contributed by atoms with E-state index in [1.165, 1.54) is 19.3 Å². The van der Waals surface area contributed by atoms with E-state index in [1.807, 2.05) is 24.3 Å². The molecule has 0 aromatic heterocycles. The van der Waals surface area contributed by atoms with Crippen LogP contribution in [-0.4, -0.2) is 19.1 Å². The van der Waals surface area contributed by atoms with Gasteiger partial charge in [0.2, 0.25) is 0 Å². The molecule has 0 unspecified atom stereocenters. The molecule has 0 fully saturated rings. The van der Waals surface area contributed by atoms with Gasteiger partial charge in [-0.15, -0.1) is 11.6 Å². The Morgan fingerprint density at radius 3 is 1.83 bits per heavy atom. The van der Waals surface area contributed by atoms with E-state index >= 15 is 0 Å². The van der Waals surface area contributed by atoms with Crippen molar-refractivity contribution in [2.45, 2.75) is 45.4 Å². The van der Waals surface area contributed by atoms with Crippen molar-refractivity contribution >= 4 is 22.4 Å². The van der Waals surface area contributed by atoms with E-state index < -0.39 is 0 Å². The third-order valence-electron chi connectivity index (χ3n) is 3.89. The minimum atomic E-state index is 0.689. The fourth-order valence-electron chi connectivity index (χ4n) is 2.59. The number of hydrogen-bond donors (Lipinski definition) is 0. The maximum atomic E-state index is 5.99. The third kappa shape index (κ3) is 5.62. The molecule has 0 radical (unpaired) electrons. The molecule has 0 spiro atoms. The molecule has 0 aliphatic carbocycles. The van der Waals surface area contributed by atoms with Crippen LogP contribution in [-0.2, 0) is 0 Å². The predicted molar refractivity (Wildman–Crippen MR) is 99.0 cm³/mol. The van der Waals surface area contributed by atoms with Crippen molar-refractivity contribution in [1.29, 1.82) is 0 Å². The van der Waals surface area contributed by atoms with Gasteiger partial charge in [-0.05, 0) is 31.4 Å². The Morgan fingerprint density at radius 1 is 0.739 bits per heavy atom. The van der Waals surface area contributed by atoms with E-state index in [4.69, 9.17) is 21.1 Å². The lowest BCUT2D eigenvalue weighted by Crippen LogP contribution is -2.00. The van der Waals surface area contributed by atoms with Gasteiger partial charge in [-0.2, -0.15) is 0 Å². The van der Waals surface area contributed by atoms with E-state index in [1.54, 1.807) is 0 Å². The molecule has 0 N–H and O–H groups in total. The standard InChI is InChI=1S/C20H27ClO2/c1-2-3-4-8-15-22-19-12-13-20(23-16-9-7-14-21)18-11-6-5-10-17(18)19/h5-6,10-13H,2-4,7-9,14-16H2,1H3. The number of alkyl halides is 1. The Labute approximate surface area is 144 Å². The summed E-state index contributed by atoms with van der Waals surface area (Å²) in [6, 6.07) is 12.3. The summed E-state index contributed by atoms with van der Waals surface area (Å²) < 4.78 is 11.9. The second kappa shape index (κ2) is 10.4. The zero-order chi connectivity index (χ0) is 16.3. The van der Waals surface area contributed by atoms with Gasteiger partial charge < -0.3 is 9.47 Å². The van der Waals surface area contributed by atoms with Gasteiger partial charge in [-0.25, -0.2) is 0 Å². The molecule has 0 aliphatic rings. The Balaban J connectivity index is 2.02. The first-order valence-corrected chi connectivity index (χ1v) is 9.23. The number of rotatable bonds is 11. The van der Waals surface area contributed by atoms with Gasteiger partial charge in [0.25, 0.3) is 0 Å². The van der Waals surface area contributed by atoms with Crippen LogP contribution in [0.1, 0.15) is 45.4 Å². The van der Waals surface area contributed by atoms with Crippen LogP contribution in [0.2, 0.25) is 0 Å². The fraction of sp³-hybridized carbons (Fsp3) is 0.500. The number of halogens is 1. The topological polar surface area (TPSA) is 18.5 Å². The van der Waals surface area contributed by atoms with Crippen LogP contribution in [0.25, 0.3) is 10.8 Å². The van der Waals surface area contributed by atoms with Gasteiger partial charge in [0.15, 0.2) is 0 Å². The largest absolute Gasteiger partial charge is 0.493 e.